The summed E-state index contributed by atoms with van der Waals surface area (Å²) in [6.45, 7) is 4.06. The van der Waals surface area contributed by atoms with Crippen LogP contribution in [-0.2, 0) is 25.6 Å². The molecule has 2 atom stereocenters. The van der Waals surface area contributed by atoms with Crippen molar-refractivity contribution in [3.63, 3.8) is 0 Å². The second kappa shape index (κ2) is 12.7. The number of rotatable bonds is 10. The van der Waals surface area contributed by atoms with Crippen molar-refractivity contribution in [3.05, 3.63) is 76.9 Å². The van der Waals surface area contributed by atoms with Crippen molar-refractivity contribution in [2.75, 3.05) is 39.9 Å². The molecule has 1 aliphatic heterocycles. The van der Waals surface area contributed by atoms with Gasteiger partial charge >= 0.3 is 5.97 Å². The highest BCUT2D eigenvalue weighted by Crippen LogP contribution is 2.45. The Kier molecular flexibility index (Phi) is 9.16. The van der Waals surface area contributed by atoms with Gasteiger partial charge in [-0.2, -0.15) is 0 Å². The summed E-state index contributed by atoms with van der Waals surface area (Å²) in [7, 11) is 6.26. The second-order valence-corrected chi connectivity index (χ2v) is 9.26. The Morgan fingerprint density at radius 1 is 0.900 bits per heavy atom. The van der Waals surface area contributed by atoms with Gasteiger partial charge in [0.15, 0.2) is 11.5 Å². The number of fused-ring (bicyclic) bond motifs is 1. The minimum absolute atomic E-state index is 0.173. The molecule has 3 aromatic carbocycles. The number of para-hydroxylation sites is 1. The van der Waals surface area contributed by atoms with E-state index in [9.17, 15) is 9.59 Å². The number of esters is 1. The fraction of sp³-hybridized carbons (Fsp3) is 0.355. The summed E-state index contributed by atoms with van der Waals surface area (Å²) in [5, 5.41) is 0. The summed E-state index contributed by atoms with van der Waals surface area (Å²) >= 11 is 0. The van der Waals surface area contributed by atoms with Crippen molar-refractivity contribution < 1.29 is 38.0 Å². The van der Waals surface area contributed by atoms with E-state index in [4.69, 9.17) is 28.4 Å². The Hall–Kier alpha value is -4.24. The molecule has 0 aliphatic carbocycles. The smallest absolute Gasteiger partial charge is 0.308 e. The van der Waals surface area contributed by atoms with Crippen molar-refractivity contribution in [2.24, 2.45) is 0 Å². The van der Waals surface area contributed by atoms with Crippen LogP contribution in [-0.4, -0.2) is 53.0 Å². The van der Waals surface area contributed by atoms with Crippen molar-refractivity contribution in [3.8, 4) is 23.0 Å². The zero-order valence-corrected chi connectivity index (χ0v) is 23.7. The minimum atomic E-state index is -1.13. The molecule has 0 radical (unpaired) electrons. The van der Waals surface area contributed by atoms with Crippen LogP contribution in [0.5, 0.6) is 23.0 Å². The SMILES string of the molecule is CCOC(=O)CC1OC(c2cccc(OC)c2OC)c2cc(C)ccc2N(Cc2ccc(OC)cc2OC)C1=O. The van der Waals surface area contributed by atoms with Crippen LogP contribution in [0.4, 0.5) is 5.69 Å². The first-order chi connectivity index (χ1) is 19.3. The first-order valence-electron chi connectivity index (χ1n) is 13.0. The highest BCUT2D eigenvalue weighted by atomic mass is 16.5. The Morgan fingerprint density at radius 2 is 1.68 bits per heavy atom. The van der Waals surface area contributed by atoms with E-state index in [2.05, 4.69) is 0 Å². The van der Waals surface area contributed by atoms with Gasteiger partial charge in [0.05, 0.1) is 53.7 Å². The van der Waals surface area contributed by atoms with Crippen LogP contribution in [0.1, 0.15) is 41.7 Å². The quantitative estimate of drug-likeness (QED) is 0.326. The molecular formula is C31H35NO8. The largest absolute Gasteiger partial charge is 0.497 e. The molecule has 1 amide bonds. The summed E-state index contributed by atoms with van der Waals surface area (Å²) in [6.07, 6.45) is -2.12. The lowest BCUT2D eigenvalue weighted by Gasteiger charge is -2.26. The molecule has 212 valence electrons. The monoisotopic (exact) mass is 549 g/mol. The summed E-state index contributed by atoms with van der Waals surface area (Å²) in [6, 6.07) is 16.8. The number of nitrogens with zero attached hydrogens (tertiary/aromatic N) is 1. The van der Waals surface area contributed by atoms with Crippen LogP contribution >= 0.6 is 0 Å². The first-order valence-corrected chi connectivity index (χ1v) is 13.0. The maximum Gasteiger partial charge on any atom is 0.308 e. The fourth-order valence-electron chi connectivity index (χ4n) is 4.90. The molecule has 0 bridgehead atoms. The number of aryl methyl sites for hydroxylation is 1. The number of ether oxygens (including phenoxy) is 6. The van der Waals surface area contributed by atoms with Gasteiger partial charge in [-0.05, 0) is 38.1 Å². The standard InChI is InChI=1S/C31H35NO8/c1-7-39-28(33)17-27-31(34)32(18-20-12-13-21(35-3)16-26(20)37-5)24-14-11-19(2)15-23(24)29(40-27)22-9-8-10-25(36-4)30(22)38-6/h8-16,27,29H,7,17-18H2,1-6H3. The molecule has 3 aromatic rings. The topological polar surface area (TPSA) is 92.8 Å². The first kappa shape index (κ1) is 28.8. The zero-order valence-electron chi connectivity index (χ0n) is 23.7. The molecule has 0 fully saturated rings. The van der Waals surface area contributed by atoms with Crippen LogP contribution in [0.3, 0.4) is 0 Å². The van der Waals surface area contributed by atoms with Crippen molar-refractivity contribution in [2.45, 2.75) is 39.0 Å². The summed E-state index contributed by atoms with van der Waals surface area (Å²) < 4.78 is 34.0. The number of benzene rings is 3. The third kappa shape index (κ3) is 5.84. The van der Waals surface area contributed by atoms with Crippen LogP contribution in [0, 0.1) is 6.92 Å². The predicted molar refractivity (Wildman–Crippen MR) is 149 cm³/mol. The third-order valence-corrected chi connectivity index (χ3v) is 6.79. The van der Waals surface area contributed by atoms with Crippen LogP contribution in [0.15, 0.2) is 54.6 Å². The van der Waals surface area contributed by atoms with Gasteiger partial charge in [0.1, 0.15) is 23.7 Å². The van der Waals surface area contributed by atoms with Crippen molar-refractivity contribution in [1.29, 1.82) is 0 Å². The fourth-order valence-corrected chi connectivity index (χ4v) is 4.90. The van der Waals surface area contributed by atoms with E-state index in [1.807, 2.05) is 49.4 Å². The number of hydrogen-bond acceptors (Lipinski definition) is 8. The molecule has 0 spiro atoms. The Labute approximate surface area is 234 Å². The lowest BCUT2D eigenvalue weighted by molar-refractivity contribution is -0.151. The van der Waals surface area contributed by atoms with Crippen LogP contribution in [0.2, 0.25) is 0 Å². The second-order valence-electron chi connectivity index (χ2n) is 9.26. The molecule has 0 saturated heterocycles. The summed E-state index contributed by atoms with van der Waals surface area (Å²) in [4.78, 5) is 28.5. The number of carbonyl (C=O) groups is 2. The molecule has 0 aromatic heterocycles. The van der Waals surface area contributed by atoms with Gasteiger partial charge in [0.2, 0.25) is 0 Å². The predicted octanol–water partition coefficient (Wildman–Crippen LogP) is 5.00. The van der Waals surface area contributed by atoms with E-state index < -0.39 is 18.2 Å². The molecular weight excluding hydrogens is 514 g/mol. The molecule has 2 unspecified atom stereocenters. The number of anilines is 1. The maximum atomic E-state index is 14.2. The Balaban J connectivity index is 1.90. The van der Waals surface area contributed by atoms with Gasteiger partial charge in [0, 0.05) is 22.8 Å². The lowest BCUT2D eigenvalue weighted by atomic mass is 9.96. The highest BCUT2D eigenvalue weighted by Gasteiger charge is 2.39. The van der Waals surface area contributed by atoms with E-state index in [1.54, 1.807) is 52.4 Å². The van der Waals surface area contributed by atoms with Gasteiger partial charge in [-0.15, -0.1) is 0 Å². The highest BCUT2D eigenvalue weighted by molar-refractivity contribution is 6.00. The van der Waals surface area contributed by atoms with E-state index >= 15 is 0 Å². The molecule has 0 saturated carbocycles. The van der Waals surface area contributed by atoms with E-state index in [0.717, 1.165) is 16.7 Å². The van der Waals surface area contributed by atoms with Crippen molar-refractivity contribution in [1.82, 2.24) is 0 Å². The molecule has 9 nitrogen and oxygen atoms in total. The number of carbonyl (C=O) groups excluding carboxylic acids is 2. The molecule has 9 heteroatoms. The van der Waals surface area contributed by atoms with E-state index in [0.29, 0.717) is 34.2 Å². The van der Waals surface area contributed by atoms with E-state index in [-0.39, 0.29) is 25.5 Å². The average molecular weight is 550 g/mol. The summed E-state index contributed by atoms with van der Waals surface area (Å²) in [5.41, 5.74) is 3.80. The van der Waals surface area contributed by atoms with Gasteiger partial charge in [0.25, 0.3) is 5.91 Å². The van der Waals surface area contributed by atoms with Gasteiger partial charge in [-0.3, -0.25) is 9.59 Å². The molecule has 0 N–H and O–H groups in total. The van der Waals surface area contributed by atoms with Gasteiger partial charge < -0.3 is 33.3 Å². The van der Waals surface area contributed by atoms with Crippen molar-refractivity contribution >= 4 is 17.6 Å². The Morgan fingerprint density at radius 3 is 2.35 bits per heavy atom. The summed E-state index contributed by atoms with van der Waals surface area (Å²) in [5.74, 6) is 1.30. The van der Waals surface area contributed by atoms with Crippen LogP contribution in [0.25, 0.3) is 0 Å². The zero-order chi connectivity index (χ0) is 28.8. The number of amides is 1. The number of hydrogen-bond donors (Lipinski definition) is 0. The number of methoxy groups -OCH3 is 4. The molecule has 1 aliphatic rings. The molecule has 1 heterocycles. The molecule has 40 heavy (non-hydrogen) atoms. The maximum absolute atomic E-state index is 14.2. The Bertz CT molecular complexity index is 1370. The average Bonchev–Trinajstić information content (AvgIpc) is 3.07. The van der Waals surface area contributed by atoms with Crippen LogP contribution < -0.4 is 23.8 Å². The minimum Gasteiger partial charge on any atom is -0.497 e. The molecule has 4 rings (SSSR count). The van der Waals surface area contributed by atoms with Gasteiger partial charge in [-0.1, -0.05) is 29.8 Å². The lowest BCUT2D eigenvalue weighted by Crippen LogP contribution is -2.40. The van der Waals surface area contributed by atoms with Gasteiger partial charge in [-0.25, -0.2) is 0 Å². The van der Waals surface area contributed by atoms with E-state index in [1.165, 1.54) is 0 Å². The third-order valence-electron chi connectivity index (χ3n) is 6.79. The normalized spacial score (nSPS) is 16.6.